The average Bonchev–Trinajstić information content (AvgIpc) is 2.74. The van der Waals surface area contributed by atoms with E-state index in [4.69, 9.17) is 4.74 Å². The Kier molecular flexibility index (Phi) is 2.40. The van der Waals surface area contributed by atoms with Gasteiger partial charge in [0.15, 0.2) is 0 Å². The molecule has 2 aliphatic heterocycles. The monoisotopic (exact) mass is 217 g/mol. The van der Waals surface area contributed by atoms with E-state index in [1.54, 1.807) is 0 Å². The molecule has 3 nitrogen and oxygen atoms in total. The number of carbonyl (C=O) groups excluding carboxylic acids is 1. The molecule has 0 amide bonds. The van der Waals surface area contributed by atoms with Crippen molar-refractivity contribution >= 4 is 5.78 Å². The molecule has 2 heterocycles. The highest BCUT2D eigenvalue weighted by Gasteiger charge is 2.31. The lowest BCUT2D eigenvalue weighted by atomic mass is 10.0. The summed E-state index contributed by atoms with van der Waals surface area (Å²) < 4.78 is 5.66. The van der Waals surface area contributed by atoms with Gasteiger partial charge in [0.1, 0.15) is 18.1 Å². The van der Waals surface area contributed by atoms with Crippen LogP contribution in [0.5, 0.6) is 5.75 Å². The Morgan fingerprint density at radius 2 is 1.94 bits per heavy atom. The van der Waals surface area contributed by atoms with Crippen molar-refractivity contribution in [2.75, 3.05) is 19.7 Å². The Morgan fingerprint density at radius 1 is 1.19 bits per heavy atom. The van der Waals surface area contributed by atoms with Gasteiger partial charge in [-0.05, 0) is 6.07 Å². The summed E-state index contributed by atoms with van der Waals surface area (Å²) in [7, 11) is 0. The molecule has 0 N–H and O–H groups in total. The maximum absolute atomic E-state index is 11.2. The van der Waals surface area contributed by atoms with Crippen molar-refractivity contribution in [3.05, 3.63) is 29.8 Å². The van der Waals surface area contributed by atoms with Crippen molar-refractivity contribution in [1.29, 1.82) is 0 Å². The number of nitrogens with zero attached hydrogens (tertiary/aromatic N) is 1. The Morgan fingerprint density at radius 3 is 2.75 bits per heavy atom. The third kappa shape index (κ3) is 1.61. The van der Waals surface area contributed by atoms with Crippen LogP contribution in [0.15, 0.2) is 24.3 Å². The molecule has 0 spiro atoms. The molecular formula is C13H15NO2. The maximum atomic E-state index is 11.2. The minimum Gasteiger partial charge on any atom is -0.491 e. The molecule has 2 aliphatic rings. The fourth-order valence-corrected chi connectivity index (χ4v) is 2.53. The highest BCUT2D eigenvalue weighted by Crippen LogP contribution is 2.36. The van der Waals surface area contributed by atoms with Crippen molar-refractivity contribution in [2.45, 2.75) is 18.9 Å². The van der Waals surface area contributed by atoms with Crippen LogP contribution < -0.4 is 4.74 Å². The van der Waals surface area contributed by atoms with Crippen LogP contribution in [0.4, 0.5) is 0 Å². The number of ether oxygens (including phenoxy) is 1. The molecule has 0 aliphatic carbocycles. The van der Waals surface area contributed by atoms with Crippen LogP contribution in [-0.2, 0) is 4.79 Å². The fourth-order valence-electron chi connectivity index (χ4n) is 2.53. The van der Waals surface area contributed by atoms with Gasteiger partial charge in [0.05, 0.1) is 6.04 Å². The fraction of sp³-hybridized carbons (Fsp3) is 0.462. The molecule has 1 atom stereocenters. The predicted molar refractivity (Wildman–Crippen MR) is 60.5 cm³/mol. The standard InChI is InChI=1S/C13H15NO2/c15-10-5-7-14(8-6-10)12-9-16-13-4-2-1-3-11(12)13/h1-4,12H,5-9H2. The van der Waals surface area contributed by atoms with Gasteiger partial charge in [0.25, 0.3) is 0 Å². The zero-order valence-electron chi connectivity index (χ0n) is 9.19. The van der Waals surface area contributed by atoms with E-state index in [1.807, 2.05) is 12.1 Å². The second kappa shape index (κ2) is 3.91. The smallest absolute Gasteiger partial charge is 0.135 e. The lowest BCUT2D eigenvalue weighted by Gasteiger charge is -2.30. The van der Waals surface area contributed by atoms with Gasteiger partial charge in [0, 0.05) is 31.5 Å². The molecule has 1 saturated heterocycles. The van der Waals surface area contributed by atoms with E-state index in [0.717, 1.165) is 25.4 Å². The molecule has 1 aromatic carbocycles. The van der Waals surface area contributed by atoms with Gasteiger partial charge >= 0.3 is 0 Å². The van der Waals surface area contributed by atoms with Crippen molar-refractivity contribution < 1.29 is 9.53 Å². The maximum Gasteiger partial charge on any atom is 0.135 e. The first-order chi connectivity index (χ1) is 7.84. The number of piperidine rings is 1. The van der Waals surface area contributed by atoms with Gasteiger partial charge in [-0.25, -0.2) is 0 Å². The first kappa shape index (κ1) is 9.85. The van der Waals surface area contributed by atoms with Gasteiger partial charge < -0.3 is 4.74 Å². The topological polar surface area (TPSA) is 29.5 Å². The molecule has 1 fully saturated rings. The van der Waals surface area contributed by atoms with Crippen molar-refractivity contribution in [3.63, 3.8) is 0 Å². The number of benzene rings is 1. The summed E-state index contributed by atoms with van der Waals surface area (Å²) in [5.41, 5.74) is 1.27. The molecule has 16 heavy (non-hydrogen) atoms. The van der Waals surface area contributed by atoms with Gasteiger partial charge in [0.2, 0.25) is 0 Å². The summed E-state index contributed by atoms with van der Waals surface area (Å²) in [6.45, 7) is 2.48. The molecule has 0 saturated carbocycles. The Bertz CT molecular complexity index is 406. The number of fused-ring (bicyclic) bond motifs is 1. The van der Waals surface area contributed by atoms with E-state index in [2.05, 4.69) is 17.0 Å². The van der Waals surface area contributed by atoms with Crippen LogP contribution in [0.2, 0.25) is 0 Å². The molecule has 1 aromatic rings. The lowest BCUT2D eigenvalue weighted by molar-refractivity contribution is -0.122. The van der Waals surface area contributed by atoms with Crippen LogP contribution >= 0.6 is 0 Å². The Hall–Kier alpha value is -1.35. The van der Waals surface area contributed by atoms with E-state index in [1.165, 1.54) is 5.56 Å². The molecule has 0 radical (unpaired) electrons. The first-order valence-corrected chi connectivity index (χ1v) is 5.82. The minimum atomic E-state index is 0.351. The zero-order valence-corrected chi connectivity index (χ0v) is 9.19. The third-order valence-electron chi connectivity index (χ3n) is 3.47. The second-order valence-corrected chi connectivity index (χ2v) is 4.44. The molecule has 3 rings (SSSR count). The van der Waals surface area contributed by atoms with Crippen LogP contribution in [0.3, 0.4) is 0 Å². The molecule has 0 aromatic heterocycles. The van der Waals surface area contributed by atoms with Crippen LogP contribution in [0.1, 0.15) is 24.4 Å². The number of likely N-dealkylation sites (tertiary alicyclic amines) is 1. The average molecular weight is 217 g/mol. The zero-order chi connectivity index (χ0) is 11.0. The summed E-state index contributed by atoms with van der Waals surface area (Å²) in [5.74, 6) is 1.40. The van der Waals surface area contributed by atoms with E-state index in [9.17, 15) is 4.79 Å². The van der Waals surface area contributed by atoms with Crippen LogP contribution in [0, 0.1) is 0 Å². The number of hydrogen-bond acceptors (Lipinski definition) is 3. The van der Waals surface area contributed by atoms with Gasteiger partial charge in [-0.2, -0.15) is 0 Å². The predicted octanol–water partition coefficient (Wildman–Crippen LogP) is 1.79. The van der Waals surface area contributed by atoms with E-state index in [0.29, 0.717) is 24.7 Å². The van der Waals surface area contributed by atoms with E-state index >= 15 is 0 Å². The highest BCUT2D eigenvalue weighted by molar-refractivity contribution is 5.79. The van der Waals surface area contributed by atoms with Gasteiger partial charge in [-0.1, -0.05) is 18.2 Å². The summed E-state index contributed by atoms with van der Waals surface area (Å²) >= 11 is 0. The van der Waals surface area contributed by atoms with Crippen molar-refractivity contribution in [3.8, 4) is 5.75 Å². The summed E-state index contributed by atoms with van der Waals surface area (Å²) in [6.07, 6.45) is 1.39. The molecule has 0 bridgehead atoms. The van der Waals surface area contributed by atoms with Crippen LogP contribution in [0.25, 0.3) is 0 Å². The lowest BCUT2D eigenvalue weighted by Crippen LogP contribution is -2.37. The summed E-state index contributed by atoms with van der Waals surface area (Å²) in [4.78, 5) is 13.6. The molecule has 3 heteroatoms. The van der Waals surface area contributed by atoms with E-state index in [-0.39, 0.29) is 0 Å². The highest BCUT2D eigenvalue weighted by atomic mass is 16.5. The largest absolute Gasteiger partial charge is 0.491 e. The van der Waals surface area contributed by atoms with Crippen molar-refractivity contribution in [2.24, 2.45) is 0 Å². The summed E-state index contributed by atoms with van der Waals surface area (Å²) in [6, 6.07) is 8.55. The number of Topliss-reactive ketones (excluding diaryl/α,β-unsaturated/α-hetero) is 1. The normalized spacial score (nSPS) is 25.2. The third-order valence-corrected chi connectivity index (χ3v) is 3.47. The Labute approximate surface area is 95.0 Å². The molecule has 1 unspecified atom stereocenters. The summed E-state index contributed by atoms with van der Waals surface area (Å²) in [5, 5.41) is 0. The number of para-hydroxylation sites is 1. The van der Waals surface area contributed by atoms with Crippen molar-refractivity contribution in [1.82, 2.24) is 4.90 Å². The van der Waals surface area contributed by atoms with Crippen LogP contribution in [-0.4, -0.2) is 30.4 Å². The number of rotatable bonds is 1. The SMILES string of the molecule is O=C1CCN(C2COc3ccccc32)CC1. The second-order valence-electron chi connectivity index (χ2n) is 4.44. The molecule has 84 valence electrons. The first-order valence-electron chi connectivity index (χ1n) is 5.82. The van der Waals surface area contributed by atoms with E-state index < -0.39 is 0 Å². The van der Waals surface area contributed by atoms with Gasteiger partial charge in [-0.15, -0.1) is 0 Å². The molecular weight excluding hydrogens is 202 g/mol. The number of carbonyl (C=O) groups is 1. The Balaban J connectivity index is 1.80. The minimum absolute atomic E-state index is 0.351. The quantitative estimate of drug-likeness (QED) is 0.718. The van der Waals surface area contributed by atoms with Gasteiger partial charge in [-0.3, -0.25) is 9.69 Å². The number of hydrogen-bond donors (Lipinski definition) is 0. The number of ketones is 1.